The van der Waals surface area contributed by atoms with Crippen LogP contribution in [0.4, 0.5) is 4.79 Å². The molecule has 1 fully saturated rings. The fourth-order valence-corrected chi connectivity index (χ4v) is 6.40. The molecule has 3 aromatic rings. The number of urea groups is 1. The van der Waals surface area contributed by atoms with E-state index in [1.165, 1.54) is 22.2 Å². The predicted molar refractivity (Wildman–Crippen MR) is 173 cm³/mol. The first-order valence-electron chi connectivity index (χ1n) is 14.8. The summed E-state index contributed by atoms with van der Waals surface area (Å²) in [4.78, 5) is 41.8. The fourth-order valence-electron chi connectivity index (χ4n) is 5.25. The molecule has 234 valence electrons. The van der Waals surface area contributed by atoms with Gasteiger partial charge in [-0.2, -0.15) is 0 Å². The van der Waals surface area contributed by atoms with E-state index in [1.807, 2.05) is 74.5 Å². The number of carbonyl (C=O) groups excluding carboxylic acids is 3. The number of benzene rings is 3. The molecule has 1 aliphatic heterocycles. The van der Waals surface area contributed by atoms with Crippen molar-refractivity contribution in [2.45, 2.75) is 69.6 Å². The van der Waals surface area contributed by atoms with Crippen molar-refractivity contribution < 1.29 is 24.2 Å². The van der Waals surface area contributed by atoms with Gasteiger partial charge in [-0.25, -0.2) is 4.79 Å². The monoisotopic (exact) mass is 618 g/mol. The smallest absolute Gasteiger partial charge is 0.315 e. The first-order valence-corrected chi connectivity index (χ1v) is 15.8. The standard InChI is InChI=1S/C34H42N4O5S/c1-5-23-12-9-13-26(18-23)21-35-31(40)30-34(2,3)44-22-38(30)32(41)29(39)28(19-24-10-7-6-8-11-24)37-33(42)36-20-25-14-16-27(43-4)17-15-25/h6-18,28-30,39H,5,19-22H2,1-4H3,(H,35,40)(H2,36,37,42). The number of methoxy groups -OCH3 is 1. The summed E-state index contributed by atoms with van der Waals surface area (Å²) in [5.74, 6) is 0.0668. The number of rotatable bonds is 12. The van der Waals surface area contributed by atoms with E-state index in [0.717, 1.165) is 23.1 Å². The summed E-state index contributed by atoms with van der Waals surface area (Å²) in [6, 6.07) is 22.4. The molecular formula is C34H42N4O5S. The van der Waals surface area contributed by atoms with Gasteiger partial charge in [-0.3, -0.25) is 9.59 Å². The number of amides is 4. The topological polar surface area (TPSA) is 120 Å². The maximum atomic E-state index is 13.9. The van der Waals surface area contributed by atoms with Crippen molar-refractivity contribution in [3.8, 4) is 5.75 Å². The van der Waals surface area contributed by atoms with Crippen LogP contribution in [0.15, 0.2) is 78.9 Å². The number of aliphatic hydroxyl groups excluding tert-OH is 1. The quantitative estimate of drug-likeness (QED) is 0.244. The molecule has 0 radical (unpaired) electrons. The van der Waals surface area contributed by atoms with E-state index in [0.29, 0.717) is 12.3 Å². The third-order valence-electron chi connectivity index (χ3n) is 7.80. The van der Waals surface area contributed by atoms with Crippen molar-refractivity contribution in [1.29, 1.82) is 0 Å². The Morgan fingerprint density at radius 2 is 1.59 bits per heavy atom. The minimum Gasteiger partial charge on any atom is -0.497 e. The number of thioether (sulfide) groups is 1. The average molecular weight is 619 g/mol. The van der Waals surface area contributed by atoms with Crippen LogP contribution in [0, 0.1) is 0 Å². The summed E-state index contributed by atoms with van der Waals surface area (Å²) in [7, 11) is 1.59. The maximum absolute atomic E-state index is 13.9. The molecule has 4 N–H and O–H groups in total. The molecule has 0 spiro atoms. The molecule has 0 bridgehead atoms. The van der Waals surface area contributed by atoms with Crippen molar-refractivity contribution >= 4 is 29.6 Å². The zero-order valence-electron chi connectivity index (χ0n) is 25.7. The van der Waals surface area contributed by atoms with Crippen molar-refractivity contribution in [3.05, 3.63) is 101 Å². The number of aryl methyl sites for hydroxylation is 1. The number of aliphatic hydroxyl groups is 1. The van der Waals surface area contributed by atoms with Gasteiger partial charge in [0.05, 0.1) is 19.0 Å². The zero-order chi connectivity index (χ0) is 31.7. The van der Waals surface area contributed by atoms with E-state index in [2.05, 4.69) is 28.9 Å². The lowest BCUT2D eigenvalue weighted by Crippen LogP contribution is -2.59. The first kappa shape index (κ1) is 32.9. The molecule has 1 aliphatic rings. The second kappa shape index (κ2) is 15.1. The fraction of sp³-hybridized carbons (Fsp3) is 0.382. The molecule has 44 heavy (non-hydrogen) atoms. The van der Waals surface area contributed by atoms with E-state index in [-0.39, 0.29) is 24.7 Å². The number of hydrogen-bond acceptors (Lipinski definition) is 6. The highest BCUT2D eigenvalue weighted by Gasteiger charge is 2.49. The summed E-state index contributed by atoms with van der Waals surface area (Å²) in [6.07, 6.45) is -0.460. The van der Waals surface area contributed by atoms with Crippen molar-refractivity contribution in [2.75, 3.05) is 13.0 Å². The molecule has 3 aromatic carbocycles. The molecule has 9 nitrogen and oxygen atoms in total. The predicted octanol–water partition coefficient (Wildman–Crippen LogP) is 4.03. The molecule has 4 amide bonds. The van der Waals surface area contributed by atoms with Gasteiger partial charge in [0.15, 0.2) is 6.10 Å². The largest absolute Gasteiger partial charge is 0.497 e. The molecule has 0 aliphatic carbocycles. The van der Waals surface area contributed by atoms with E-state index < -0.39 is 34.9 Å². The Morgan fingerprint density at radius 3 is 2.27 bits per heavy atom. The van der Waals surface area contributed by atoms with E-state index in [1.54, 1.807) is 19.2 Å². The number of nitrogens with zero attached hydrogens (tertiary/aromatic N) is 1. The highest BCUT2D eigenvalue weighted by Crippen LogP contribution is 2.40. The first-order chi connectivity index (χ1) is 21.1. The van der Waals surface area contributed by atoms with Crippen LogP contribution in [-0.2, 0) is 35.5 Å². The number of nitrogens with one attached hydrogen (secondary N) is 3. The van der Waals surface area contributed by atoms with Gasteiger partial charge in [0.1, 0.15) is 11.8 Å². The molecule has 0 aromatic heterocycles. The van der Waals surface area contributed by atoms with Crippen molar-refractivity contribution in [3.63, 3.8) is 0 Å². The van der Waals surface area contributed by atoms with Crippen LogP contribution in [0.3, 0.4) is 0 Å². The Kier molecular flexibility index (Phi) is 11.3. The van der Waals surface area contributed by atoms with Crippen LogP contribution >= 0.6 is 11.8 Å². The molecule has 3 atom stereocenters. The van der Waals surface area contributed by atoms with Gasteiger partial charge in [-0.15, -0.1) is 11.8 Å². The second-order valence-electron chi connectivity index (χ2n) is 11.4. The van der Waals surface area contributed by atoms with Crippen LogP contribution in [0.25, 0.3) is 0 Å². The summed E-state index contributed by atoms with van der Waals surface area (Å²) in [6.45, 7) is 6.51. The van der Waals surface area contributed by atoms with E-state index in [4.69, 9.17) is 4.74 Å². The lowest BCUT2D eigenvalue weighted by atomic mass is 9.97. The summed E-state index contributed by atoms with van der Waals surface area (Å²) in [5, 5.41) is 20.0. The van der Waals surface area contributed by atoms with Gasteiger partial charge in [0, 0.05) is 17.8 Å². The van der Waals surface area contributed by atoms with Gasteiger partial charge in [0.25, 0.3) is 5.91 Å². The lowest BCUT2D eigenvalue weighted by Gasteiger charge is -2.33. The molecular weight excluding hydrogens is 576 g/mol. The molecule has 4 rings (SSSR count). The molecule has 0 saturated carbocycles. The third kappa shape index (κ3) is 8.54. The lowest BCUT2D eigenvalue weighted by molar-refractivity contribution is -0.147. The Labute approximate surface area is 263 Å². The Balaban J connectivity index is 1.46. The molecule has 1 saturated heterocycles. The molecule has 1 heterocycles. The van der Waals surface area contributed by atoms with Crippen LogP contribution in [0.5, 0.6) is 5.75 Å². The minimum atomic E-state index is -1.58. The van der Waals surface area contributed by atoms with Gasteiger partial charge in [-0.05, 0) is 61.1 Å². The minimum absolute atomic E-state index is 0.221. The molecule has 3 unspecified atom stereocenters. The second-order valence-corrected chi connectivity index (χ2v) is 13.0. The van der Waals surface area contributed by atoms with Crippen LogP contribution in [-0.4, -0.2) is 63.8 Å². The van der Waals surface area contributed by atoms with Crippen molar-refractivity contribution in [1.82, 2.24) is 20.9 Å². The summed E-state index contributed by atoms with van der Waals surface area (Å²) >= 11 is 1.48. The van der Waals surface area contributed by atoms with Gasteiger partial charge in [-0.1, -0.05) is 73.7 Å². The van der Waals surface area contributed by atoms with Crippen LogP contribution in [0.1, 0.15) is 43.0 Å². The number of ether oxygens (including phenoxy) is 1. The van der Waals surface area contributed by atoms with Gasteiger partial charge in [0.2, 0.25) is 5.91 Å². The van der Waals surface area contributed by atoms with Crippen molar-refractivity contribution in [2.24, 2.45) is 0 Å². The number of hydrogen-bond donors (Lipinski definition) is 4. The molecule has 10 heteroatoms. The summed E-state index contributed by atoms with van der Waals surface area (Å²) < 4.78 is 4.60. The zero-order valence-corrected chi connectivity index (χ0v) is 26.5. The third-order valence-corrected chi connectivity index (χ3v) is 9.18. The van der Waals surface area contributed by atoms with E-state index >= 15 is 0 Å². The SMILES string of the molecule is CCc1cccc(CNC(=O)C2N(C(=O)C(O)C(Cc3ccccc3)NC(=O)NCc3ccc(OC)cc3)CSC2(C)C)c1. The van der Waals surface area contributed by atoms with E-state index in [9.17, 15) is 19.5 Å². The highest BCUT2D eigenvalue weighted by molar-refractivity contribution is 8.00. The normalized spacial score (nSPS) is 16.9. The maximum Gasteiger partial charge on any atom is 0.315 e. The average Bonchev–Trinajstić information content (AvgIpc) is 3.37. The summed E-state index contributed by atoms with van der Waals surface area (Å²) in [5.41, 5.74) is 3.87. The Hall–Kier alpha value is -4.02. The van der Waals surface area contributed by atoms with Crippen LogP contribution < -0.4 is 20.7 Å². The highest BCUT2D eigenvalue weighted by atomic mass is 32.2. The Morgan fingerprint density at radius 1 is 0.932 bits per heavy atom. The van der Waals surface area contributed by atoms with Gasteiger partial charge >= 0.3 is 6.03 Å². The van der Waals surface area contributed by atoms with Gasteiger partial charge < -0.3 is 30.7 Å². The Bertz CT molecular complexity index is 1420. The number of carbonyl (C=O) groups is 3. The van der Waals surface area contributed by atoms with Crippen LogP contribution in [0.2, 0.25) is 0 Å².